The third-order valence-corrected chi connectivity index (χ3v) is 7.83. The number of hydrogen-bond acceptors (Lipinski definition) is 6. The van der Waals surface area contributed by atoms with Crippen LogP contribution in [-0.4, -0.2) is 19.9 Å². The molecule has 0 aliphatic carbocycles. The van der Waals surface area contributed by atoms with Crippen LogP contribution in [0.1, 0.15) is 0 Å². The van der Waals surface area contributed by atoms with Gasteiger partial charge in [-0.1, -0.05) is 84.9 Å². The topological polar surface area (TPSA) is 77.8 Å². The fourth-order valence-corrected chi connectivity index (χ4v) is 5.88. The average Bonchev–Trinajstić information content (AvgIpc) is 3.63. The average molecular weight is 541 g/mol. The van der Waals surface area contributed by atoms with E-state index in [0.29, 0.717) is 23.2 Å². The van der Waals surface area contributed by atoms with Gasteiger partial charge < -0.3 is 8.83 Å². The molecule has 0 aliphatic heterocycles. The maximum Gasteiger partial charge on any atom is 0.227 e. The van der Waals surface area contributed by atoms with Gasteiger partial charge >= 0.3 is 0 Å². The lowest BCUT2D eigenvalue weighted by molar-refractivity contribution is 0.657. The first-order valence-corrected chi connectivity index (χ1v) is 13.7. The summed E-state index contributed by atoms with van der Waals surface area (Å²) in [6.07, 6.45) is 1.75. The van der Waals surface area contributed by atoms with Crippen LogP contribution in [0.25, 0.3) is 88.9 Å². The van der Waals surface area contributed by atoms with Crippen LogP contribution in [0.4, 0.5) is 0 Å². The molecule has 0 saturated heterocycles. The van der Waals surface area contributed by atoms with Gasteiger partial charge in [-0.05, 0) is 35.7 Å². The molecule has 0 spiro atoms. The van der Waals surface area contributed by atoms with Crippen molar-refractivity contribution in [2.75, 3.05) is 0 Å². The van der Waals surface area contributed by atoms with Gasteiger partial charge in [-0.15, -0.1) is 0 Å². The number of aromatic nitrogens is 4. The minimum atomic E-state index is 0.550. The van der Waals surface area contributed by atoms with E-state index >= 15 is 0 Å². The Hall–Kier alpha value is -5.88. The van der Waals surface area contributed by atoms with Crippen LogP contribution in [0.15, 0.2) is 130 Å². The van der Waals surface area contributed by atoms with Crippen molar-refractivity contribution in [3.63, 3.8) is 0 Å². The SMILES string of the molecule is c1ccc(-c2nc(-c3cccc4c3ccc3c5cccnc5oc43)nc(-c3cccc4c3oc3ccccc34)n2)cc1. The normalized spacial score (nSPS) is 11.8. The Bertz CT molecular complexity index is 2480. The number of pyridine rings is 1. The van der Waals surface area contributed by atoms with Crippen LogP contribution >= 0.6 is 0 Å². The van der Waals surface area contributed by atoms with Gasteiger partial charge in [-0.25, -0.2) is 19.9 Å². The van der Waals surface area contributed by atoms with Crippen molar-refractivity contribution < 1.29 is 8.83 Å². The summed E-state index contributed by atoms with van der Waals surface area (Å²) in [7, 11) is 0. The molecule has 196 valence electrons. The molecule has 0 N–H and O–H groups in total. The Balaban J connectivity index is 1.32. The lowest BCUT2D eigenvalue weighted by Gasteiger charge is -2.10. The van der Waals surface area contributed by atoms with Gasteiger partial charge in [0.1, 0.15) is 16.7 Å². The summed E-state index contributed by atoms with van der Waals surface area (Å²) in [6.45, 7) is 0. The van der Waals surface area contributed by atoms with Crippen LogP contribution in [0.5, 0.6) is 0 Å². The van der Waals surface area contributed by atoms with E-state index in [1.807, 2.05) is 84.9 Å². The molecule has 9 aromatic rings. The van der Waals surface area contributed by atoms with E-state index in [-0.39, 0.29) is 0 Å². The van der Waals surface area contributed by atoms with E-state index in [9.17, 15) is 0 Å². The first-order valence-electron chi connectivity index (χ1n) is 13.7. The van der Waals surface area contributed by atoms with Gasteiger partial charge in [0.05, 0.1) is 5.56 Å². The van der Waals surface area contributed by atoms with Gasteiger partial charge in [0.2, 0.25) is 5.71 Å². The summed E-state index contributed by atoms with van der Waals surface area (Å²) >= 11 is 0. The molecule has 6 nitrogen and oxygen atoms in total. The molecule has 0 radical (unpaired) electrons. The molecule has 5 aromatic carbocycles. The lowest BCUT2D eigenvalue weighted by atomic mass is 10.0. The van der Waals surface area contributed by atoms with E-state index in [0.717, 1.165) is 65.8 Å². The van der Waals surface area contributed by atoms with Crippen molar-refractivity contribution in [3.05, 3.63) is 121 Å². The van der Waals surface area contributed by atoms with E-state index in [1.54, 1.807) is 6.20 Å². The van der Waals surface area contributed by atoms with Crippen LogP contribution in [0, 0.1) is 0 Å². The van der Waals surface area contributed by atoms with Crippen molar-refractivity contribution in [2.45, 2.75) is 0 Å². The third kappa shape index (κ3) is 3.39. The third-order valence-electron chi connectivity index (χ3n) is 7.83. The minimum absolute atomic E-state index is 0.550. The molecular weight excluding hydrogens is 520 g/mol. The zero-order chi connectivity index (χ0) is 27.6. The minimum Gasteiger partial charge on any atom is -0.455 e. The molecular formula is C36H20N4O2. The fourth-order valence-electron chi connectivity index (χ4n) is 5.88. The second kappa shape index (κ2) is 8.81. The summed E-state index contributed by atoms with van der Waals surface area (Å²) in [5, 5.41) is 6.07. The van der Waals surface area contributed by atoms with E-state index in [4.69, 9.17) is 23.8 Å². The standard InChI is InChI=1S/C36H20N4O2/c1-2-9-21(10-3-1)33-38-34(40-35(39-33)29-15-7-13-25-23-11-4-5-17-30(23)41-32(25)29)27-14-6-12-24-22(27)18-19-26-28-16-8-20-37-36(28)42-31(24)26/h1-20H. The second-order valence-corrected chi connectivity index (χ2v) is 10.3. The first kappa shape index (κ1) is 22.9. The highest BCUT2D eigenvalue weighted by Crippen LogP contribution is 2.38. The maximum atomic E-state index is 6.36. The summed E-state index contributed by atoms with van der Waals surface area (Å²) < 4.78 is 12.6. The fraction of sp³-hybridized carbons (Fsp3) is 0. The second-order valence-electron chi connectivity index (χ2n) is 10.3. The molecule has 0 aliphatic rings. The highest BCUT2D eigenvalue weighted by molar-refractivity contribution is 6.16. The molecule has 42 heavy (non-hydrogen) atoms. The molecule has 6 heteroatoms. The Morgan fingerprint density at radius 3 is 1.93 bits per heavy atom. The van der Waals surface area contributed by atoms with Crippen molar-refractivity contribution in [1.82, 2.24) is 19.9 Å². The summed E-state index contributed by atoms with van der Waals surface area (Å²) in [6, 6.07) is 38.4. The number of para-hydroxylation sites is 2. The lowest BCUT2D eigenvalue weighted by Crippen LogP contribution is -2.00. The van der Waals surface area contributed by atoms with Gasteiger partial charge in [0, 0.05) is 44.3 Å². The van der Waals surface area contributed by atoms with Gasteiger partial charge in [0.25, 0.3) is 0 Å². The molecule has 0 bridgehead atoms. The van der Waals surface area contributed by atoms with E-state index in [1.165, 1.54) is 0 Å². The van der Waals surface area contributed by atoms with Crippen LogP contribution < -0.4 is 0 Å². The van der Waals surface area contributed by atoms with Gasteiger partial charge in [-0.3, -0.25) is 0 Å². The molecule has 0 atom stereocenters. The van der Waals surface area contributed by atoms with Crippen LogP contribution in [0.3, 0.4) is 0 Å². The zero-order valence-electron chi connectivity index (χ0n) is 22.2. The summed E-state index contributed by atoms with van der Waals surface area (Å²) in [4.78, 5) is 19.5. The number of rotatable bonds is 3. The molecule has 9 rings (SSSR count). The molecule has 0 amide bonds. The highest BCUT2D eigenvalue weighted by Gasteiger charge is 2.19. The number of fused-ring (bicyclic) bond motifs is 8. The Labute approximate surface area is 238 Å². The molecule has 0 fully saturated rings. The quantitative estimate of drug-likeness (QED) is 0.222. The molecule has 4 heterocycles. The maximum absolute atomic E-state index is 6.36. The molecule has 4 aromatic heterocycles. The molecule has 0 saturated carbocycles. The smallest absolute Gasteiger partial charge is 0.227 e. The number of benzene rings is 5. The van der Waals surface area contributed by atoms with Crippen molar-refractivity contribution in [3.8, 4) is 34.2 Å². The van der Waals surface area contributed by atoms with Crippen molar-refractivity contribution >= 4 is 54.8 Å². The Morgan fingerprint density at radius 1 is 0.405 bits per heavy atom. The Kier molecular flexibility index (Phi) is 4.80. The van der Waals surface area contributed by atoms with Crippen molar-refractivity contribution in [1.29, 1.82) is 0 Å². The number of hydrogen-bond donors (Lipinski definition) is 0. The highest BCUT2D eigenvalue weighted by atomic mass is 16.3. The Morgan fingerprint density at radius 2 is 1.05 bits per heavy atom. The van der Waals surface area contributed by atoms with Gasteiger partial charge in [0.15, 0.2) is 17.5 Å². The predicted molar refractivity (Wildman–Crippen MR) is 166 cm³/mol. The van der Waals surface area contributed by atoms with Crippen LogP contribution in [0.2, 0.25) is 0 Å². The number of nitrogens with zero attached hydrogens (tertiary/aromatic N) is 4. The summed E-state index contributed by atoms with van der Waals surface area (Å²) in [5.74, 6) is 1.72. The van der Waals surface area contributed by atoms with Crippen molar-refractivity contribution in [2.24, 2.45) is 0 Å². The predicted octanol–water partition coefficient (Wildman–Crippen LogP) is 9.22. The summed E-state index contributed by atoms with van der Waals surface area (Å²) in [5.41, 5.74) is 5.62. The van der Waals surface area contributed by atoms with E-state index < -0.39 is 0 Å². The molecule has 0 unspecified atom stereocenters. The zero-order valence-corrected chi connectivity index (χ0v) is 22.2. The monoisotopic (exact) mass is 540 g/mol. The first-order chi connectivity index (χ1) is 20.8. The van der Waals surface area contributed by atoms with E-state index in [2.05, 4.69) is 35.3 Å². The van der Waals surface area contributed by atoms with Gasteiger partial charge in [-0.2, -0.15) is 0 Å². The largest absolute Gasteiger partial charge is 0.455 e. The number of furan rings is 2. The van der Waals surface area contributed by atoms with Crippen LogP contribution in [-0.2, 0) is 0 Å².